The van der Waals surface area contributed by atoms with Crippen molar-refractivity contribution < 1.29 is 13.2 Å². The summed E-state index contributed by atoms with van der Waals surface area (Å²) in [6.45, 7) is 0. The maximum Gasteiger partial charge on any atom is 0.452 e. The van der Waals surface area contributed by atoms with Crippen LogP contribution in [0.5, 0.6) is 0 Å². The van der Waals surface area contributed by atoms with Gasteiger partial charge in [0.05, 0.1) is 5.52 Å². The Labute approximate surface area is 133 Å². The monoisotopic (exact) mass is 432 g/mol. The smallest absolute Gasteiger partial charge is 0.267 e. The maximum absolute atomic E-state index is 13.0. The number of alkyl halides is 3. The van der Waals surface area contributed by atoms with E-state index < -0.39 is 12.0 Å². The van der Waals surface area contributed by atoms with E-state index in [0.29, 0.717) is 9.09 Å². The molecule has 0 aliphatic rings. The van der Waals surface area contributed by atoms with E-state index in [2.05, 4.69) is 15.2 Å². The lowest BCUT2D eigenvalue weighted by Crippen LogP contribution is -2.11. The fourth-order valence-corrected chi connectivity index (χ4v) is 3.15. The molecule has 0 atom stereocenters. The molecule has 0 unspecified atom stereocenters. The Morgan fingerprint density at radius 3 is 2.50 bits per heavy atom. The van der Waals surface area contributed by atoms with Crippen molar-refractivity contribution in [1.82, 2.24) is 19.6 Å². The Kier molecular flexibility index (Phi) is 3.22. The lowest BCUT2D eigenvalue weighted by Gasteiger charge is -2.09. The van der Waals surface area contributed by atoms with E-state index in [1.807, 2.05) is 22.6 Å². The highest BCUT2D eigenvalue weighted by Gasteiger charge is 2.38. The SMILES string of the molecule is FC(F)(F)c1nnc2c(Cl)nc3c(I)cc(Cl)cc3n12. The van der Waals surface area contributed by atoms with Crippen LogP contribution in [0.3, 0.4) is 0 Å². The lowest BCUT2D eigenvalue weighted by molar-refractivity contribution is -0.145. The molecular formula is C10H2Cl2F3IN4. The van der Waals surface area contributed by atoms with Crippen molar-refractivity contribution in [2.75, 3.05) is 0 Å². The predicted octanol–water partition coefficient (Wildman–Crippen LogP) is 4.21. The van der Waals surface area contributed by atoms with Crippen molar-refractivity contribution >= 4 is 62.5 Å². The van der Waals surface area contributed by atoms with Crippen LogP contribution in [0.15, 0.2) is 12.1 Å². The molecule has 3 rings (SSSR count). The van der Waals surface area contributed by atoms with Crippen molar-refractivity contribution in [3.05, 3.63) is 31.7 Å². The Morgan fingerprint density at radius 1 is 1.15 bits per heavy atom. The Balaban J connectivity index is 2.59. The van der Waals surface area contributed by atoms with Gasteiger partial charge in [-0.15, -0.1) is 10.2 Å². The molecule has 0 saturated heterocycles. The number of benzene rings is 1. The van der Waals surface area contributed by atoms with Gasteiger partial charge in [0.2, 0.25) is 5.82 Å². The summed E-state index contributed by atoms with van der Waals surface area (Å²) < 4.78 is 40.4. The number of rotatable bonds is 0. The largest absolute Gasteiger partial charge is 0.452 e. The topological polar surface area (TPSA) is 43.1 Å². The van der Waals surface area contributed by atoms with Gasteiger partial charge in [-0.3, -0.25) is 4.40 Å². The summed E-state index contributed by atoms with van der Waals surface area (Å²) in [4.78, 5) is 4.05. The van der Waals surface area contributed by atoms with E-state index in [4.69, 9.17) is 23.2 Å². The summed E-state index contributed by atoms with van der Waals surface area (Å²) in [6, 6.07) is 2.95. The van der Waals surface area contributed by atoms with E-state index in [0.717, 1.165) is 4.40 Å². The van der Waals surface area contributed by atoms with Crippen LogP contribution in [-0.2, 0) is 6.18 Å². The fourth-order valence-electron chi connectivity index (χ4n) is 1.81. The molecule has 2 heterocycles. The molecule has 0 saturated carbocycles. The number of halogens is 6. The van der Waals surface area contributed by atoms with Crippen LogP contribution < -0.4 is 0 Å². The third-order valence-corrected chi connectivity index (χ3v) is 3.85. The summed E-state index contributed by atoms with van der Waals surface area (Å²) in [5.41, 5.74) is 0.293. The quantitative estimate of drug-likeness (QED) is 0.500. The van der Waals surface area contributed by atoms with Gasteiger partial charge in [0, 0.05) is 8.59 Å². The number of hydrogen-bond donors (Lipinski definition) is 0. The average molecular weight is 433 g/mol. The maximum atomic E-state index is 13.0. The van der Waals surface area contributed by atoms with Gasteiger partial charge in [-0.2, -0.15) is 13.2 Å². The average Bonchev–Trinajstić information content (AvgIpc) is 2.76. The van der Waals surface area contributed by atoms with Crippen LogP contribution in [0.2, 0.25) is 10.2 Å². The van der Waals surface area contributed by atoms with Crippen molar-refractivity contribution in [3.8, 4) is 0 Å². The molecule has 0 fully saturated rings. The first-order chi connectivity index (χ1) is 9.29. The molecule has 0 spiro atoms. The molecule has 0 N–H and O–H groups in total. The zero-order chi connectivity index (χ0) is 14.7. The Bertz CT molecular complexity index is 846. The van der Waals surface area contributed by atoms with Gasteiger partial charge >= 0.3 is 6.18 Å². The number of nitrogens with zero attached hydrogens (tertiary/aromatic N) is 4. The summed E-state index contributed by atoms with van der Waals surface area (Å²) in [5, 5.41) is 6.74. The third kappa shape index (κ3) is 2.09. The number of aromatic nitrogens is 4. The van der Waals surface area contributed by atoms with Crippen LogP contribution in [0.25, 0.3) is 16.7 Å². The van der Waals surface area contributed by atoms with Crippen LogP contribution >= 0.6 is 45.8 Å². The summed E-state index contributed by atoms with van der Waals surface area (Å²) >= 11 is 13.7. The molecule has 0 amide bonds. The van der Waals surface area contributed by atoms with E-state index in [1.54, 1.807) is 6.07 Å². The lowest BCUT2D eigenvalue weighted by atomic mass is 10.3. The van der Waals surface area contributed by atoms with Crippen LogP contribution in [0.1, 0.15) is 5.82 Å². The van der Waals surface area contributed by atoms with Crippen LogP contribution in [-0.4, -0.2) is 19.6 Å². The van der Waals surface area contributed by atoms with E-state index in [1.165, 1.54) is 6.07 Å². The third-order valence-electron chi connectivity index (χ3n) is 2.56. The Morgan fingerprint density at radius 2 is 1.85 bits per heavy atom. The highest BCUT2D eigenvalue weighted by Crippen LogP contribution is 2.33. The van der Waals surface area contributed by atoms with Gasteiger partial charge < -0.3 is 0 Å². The molecule has 1 aromatic carbocycles. The molecule has 0 aliphatic carbocycles. The first-order valence-corrected chi connectivity index (χ1v) is 6.89. The van der Waals surface area contributed by atoms with E-state index in [-0.39, 0.29) is 21.3 Å². The molecule has 20 heavy (non-hydrogen) atoms. The summed E-state index contributed by atoms with van der Waals surface area (Å²) in [5.74, 6) is -1.17. The van der Waals surface area contributed by atoms with Gasteiger partial charge in [-0.25, -0.2) is 4.98 Å². The number of hydrogen-bond acceptors (Lipinski definition) is 3. The first-order valence-electron chi connectivity index (χ1n) is 5.05. The Hall–Kier alpha value is -0.870. The van der Waals surface area contributed by atoms with Crippen molar-refractivity contribution in [3.63, 3.8) is 0 Å². The molecular weight excluding hydrogens is 431 g/mol. The second-order valence-electron chi connectivity index (χ2n) is 3.84. The highest BCUT2D eigenvalue weighted by atomic mass is 127. The van der Waals surface area contributed by atoms with Crippen molar-refractivity contribution in [2.24, 2.45) is 0 Å². The van der Waals surface area contributed by atoms with Gasteiger partial charge in [-0.1, -0.05) is 23.2 Å². The highest BCUT2D eigenvalue weighted by molar-refractivity contribution is 14.1. The minimum absolute atomic E-state index is 0.152. The fraction of sp³-hybridized carbons (Fsp3) is 0.100. The summed E-state index contributed by atoms with van der Waals surface area (Å²) in [7, 11) is 0. The molecule has 0 aliphatic heterocycles. The minimum Gasteiger partial charge on any atom is -0.267 e. The van der Waals surface area contributed by atoms with Crippen LogP contribution in [0.4, 0.5) is 13.2 Å². The van der Waals surface area contributed by atoms with E-state index >= 15 is 0 Å². The molecule has 2 aromatic heterocycles. The molecule has 3 aromatic rings. The standard InChI is InChI=1S/C10H2Cl2F3IN4/c11-3-1-4(16)6-5(2-3)20-8(7(12)17-6)18-19-9(20)10(13,14)15/h1-2H. The number of fused-ring (bicyclic) bond motifs is 3. The second-order valence-corrected chi connectivity index (χ2v) is 5.79. The molecule has 10 heteroatoms. The molecule has 104 valence electrons. The van der Waals surface area contributed by atoms with Gasteiger partial charge in [0.25, 0.3) is 0 Å². The predicted molar refractivity (Wildman–Crippen MR) is 76.0 cm³/mol. The van der Waals surface area contributed by atoms with Gasteiger partial charge in [0.15, 0.2) is 10.8 Å². The van der Waals surface area contributed by atoms with Crippen LogP contribution in [0, 0.1) is 3.57 Å². The molecule has 0 bridgehead atoms. The van der Waals surface area contributed by atoms with Gasteiger partial charge in [-0.05, 0) is 34.7 Å². The molecule has 4 nitrogen and oxygen atoms in total. The normalized spacial score (nSPS) is 12.5. The first kappa shape index (κ1) is 14.1. The molecule has 0 radical (unpaired) electrons. The zero-order valence-corrected chi connectivity index (χ0v) is 12.9. The zero-order valence-electron chi connectivity index (χ0n) is 9.21. The summed E-state index contributed by atoms with van der Waals surface area (Å²) in [6.07, 6.45) is -4.66. The van der Waals surface area contributed by atoms with E-state index in [9.17, 15) is 13.2 Å². The van der Waals surface area contributed by atoms with Crippen molar-refractivity contribution in [1.29, 1.82) is 0 Å². The van der Waals surface area contributed by atoms with Crippen molar-refractivity contribution in [2.45, 2.75) is 6.18 Å². The second kappa shape index (κ2) is 4.57. The van der Waals surface area contributed by atoms with Gasteiger partial charge in [0.1, 0.15) is 5.52 Å². The minimum atomic E-state index is -4.66.